The van der Waals surface area contributed by atoms with Gasteiger partial charge in [0, 0.05) is 40.1 Å². The molecule has 1 atom stereocenters. The van der Waals surface area contributed by atoms with Crippen molar-refractivity contribution in [3.05, 3.63) is 35.8 Å². The van der Waals surface area contributed by atoms with Crippen LogP contribution in [0.4, 0.5) is 5.95 Å². The summed E-state index contributed by atoms with van der Waals surface area (Å²) in [7, 11) is 1.61. The summed E-state index contributed by atoms with van der Waals surface area (Å²) in [6, 6.07) is 4.00. The second-order valence-corrected chi connectivity index (χ2v) is 7.29. The van der Waals surface area contributed by atoms with E-state index < -0.39 is 0 Å². The highest BCUT2D eigenvalue weighted by Crippen LogP contribution is 2.26. The molecule has 3 rings (SSSR count). The van der Waals surface area contributed by atoms with Crippen LogP contribution in [0.25, 0.3) is 17.0 Å². The lowest BCUT2D eigenvalue weighted by Crippen LogP contribution is -2.34. The zero-order valence-electron chi connectivity index (χ0n) is 18.2. The predicted molar refractivity (Wildman–Crippen MR) is 116 cm³/mol. The second-order valence-electron chi connectivity index (χ2n) is 7.29. The molecule has 0 fully saturated rings. The van der Waals surface area contributed by atoms with Crippen molar-refractivity contribution >= 4 is 23.4 Å². The van der Waals surface area contributed by atoms with Crippen molar-refractivity contribution in [3.8, 4) is 11.4 Å². The summed E-state index contributed by atoms with van der Waals surface area (Å²) in [5, 5.41) is 5.46. The molecule has 1 unspecified atom stereocenters. The molecule has 0 saturated carbocycles. The first-order valence-corrected chi connectivity index (χ1v) is 10.0. The first kappa shape index (κ1) is 22.4. The number of pyridine rings is 1. The van der Waals surface area contributed by atoms with E-state index in [1.54, 1.807) is 13.3 Å². The minimum atomic E-state index is -0.281. The van der Waals surface area contributed by atoms with Gasteiger partial charge in [0.25, 0.3) is 0 Å². The SMILES string of the molecule is COCCOC(CNC(C)=O)Cc1c(-c2cnc(NC(C)=O)[nH]2)nc2cc(C)ccn12. The molecular formula is C21H28N6O4. The van der Waals surface area contributed by atoms with Crippen LogP contribution in [-0.4, -0.2) is 64.1 Å². The van der Waals surface area contributed by atoms with Gasteiger partial charge in [-0.05, 0) is 24.6 Å². The van der Waals surface area contributed by atoms with Crippen molar-refractivity contribution < 1.29 is 19.1 Å². The molecule has 0 spiro atoms. The lowest BCUT2D eigenvalue weighted by Gasteiger charge is -2.18. The van der Waals surface area contributed by atoms with Crippen molar-refractivity contribution in [2.45, 2.75) is 33.3 Å². The quantitative estimate of drug-likeness (QED) is 0.423. The van der Waals surface area contributed by atoms with Gasteiger partial charge in [-0.15, -0.1) is 0 Å². The predicted octanol–water partition coefficient (Wildman–Crippen LogP) is 1.70. The molecule has 0 aliphatic rings. The number of nitrogens with one attached hydrogen (secondary N) is 3. The molecule has 10 nitrogen and oxygen atoms in total. The molecule has 31 heavy (non-hydrogen) atoms. The van der Waals surface area contributed by atoms with E-state index in [-0.39, 0.29) is 17.9 Å². The molecule has 166 valence electrons. The third kappa shape index (κ3) is 5.89. The molecule has 0 saturated heterocycles. The molecular weight excluding hydrogens is 400 g/mol. The Balaban J connectivity index is 1.97. The van der Waals surface area contributed by atoms with Crippen LogP contribution >= 0.6 is 0 Å². The number of carbonyl (C=O) groups excluding carboxylic acids is 2. The average molecular weight is 428 g/mol. The number of aryl methyl sites for hydroxylation is 1. The summed E-state index contributed by atoms with van der Waals surface area (Å²) in [4.78, 5) is 34.9. The van der Waals surface area contributed by atoms with Crippen molar-refractivity contribution in [1.82, 2.24) is 24.7 Å². The lowest BCUT2D eigenvalue weighted by molar-refractivity contribution is -0.119. The average Bonchev–Trinajstić information content (AvgIpc) is 3.29. The number of aromatic amines is 1. The van der Waals surface area contributed by atoms with E-state index in [0.29, 0.717) is 43.5 Å². The van der Waals surface area contributed by atoms with Crippen LogP contribution < -0.4 is 10.6 Å². The molecule has 0 bridgehead atoms. The first-order chi connectivity index (χ1) is 14.9. The molecule has 0 aliphatic heterocycles. The fraction of sp³-hybridized carbons (Fsp3) is 0.429. The summed E-state index contributed by atoms with van der Waals surface area (Å²) in [5.74, 6) is 0.0179. The number of fused-ring (bicyclic) bond motifs is 1. The third-order valence-electron chi connectivity index (χ3n) is 4.65. The zero-order chi connectivity index (χ0) is 22.4. The smallest absolute Gasteiger partial charge is 0.223 e. The maximum atomic E-state index is 11.5. The highest BCUT2D eigenvalue weighted by molar-refractivity contribution is 5.87. The summed E-state index contributed by atoms with van der Waals surface area (Å²) in [6.45, 7) is 6.12. The van der Waals surface area contributed by atoms with Crippen LogP contribution in [0.1, 0.15) is 25.1 Å². The highest BCUT2D eigenvalue weighted by atomic mass is 16.5. The summed E-state index contributed by atoms with van der Waals surface area (Å²) in [6.07, 6.45) is 3.82. The summed E-state index contributed by atoms with van der Waals surface area (Å²) < 4.78 is 13.1. The number of imidazole rings is 2. The van der Waals surface area contributed by atoms with Gasteiger partial charge in [-0.3, -0.25) is 14.9 Å². The molecule has 0 aliphatic carbocycles. The fourth-order valence-electron chi connectivity index (χ4n) is 3.24. The molecule has 3 aromatic rings. The number of hydrogen-bond donors (Lipinski definition) is 3. The van der Waals surface area contributed by atoms with Gasteiger partial charge in [-0.25, -0.2) is 9.97 Å². The fourth-order valence-corrected chi connectivity index (χ4v) is 3.24. The topological polar surface area (TPSA) is 123 Å². The van der Waals surface area contributed by atoms with E-state index in [2.05, 4.69) is 20.6 Å². The number of H-pyrrole nitrogens is 1. The normalized spacial score (nSPS) is 12.1. The Kier molecular flexibility index (Phi) is 7.37. The van der Waals surface area contributed by atoms with Crippen molar-refractivity contribution in [2.24, 2.45) is 0 Å². The number of anilines is 1. The largest absolute Gasteiger partial charge is 0.382 e. The van der Waals surface area contributed by atoms with Gasteiger partial charge in [0.2, 0.25) is 17.8 Å². The van der Waals surface area contributed by atoms with E-state index in [1.165, 1.54) is 13.8 Å². The van der Waals surface area contributed by atoms with Gasteiger partial charge in [-0.2, -0.15) is 0 Å². The van der Waals surface area contributed by atoms with Gasteiger partial charge >= 0.3 is 0 Å². The molecule has 3 N–H and O–H groups in total. The van der Waals surface area contributed by atoms with E-state index in [4.69, 9.17) is 14.5 Å². The molecule has 3 heterocycles. The number of amides is 2. The molecule has 0 radical (unpaired) electrons. The minimum absolute atomic E-state index is 0.122. The molecule has 10 heteroatoms. The van der Waals surface area contributed by atoms with Gasteiger partial charge in [0.15, 0.2) is 0 Å². The van der Waals surface area contributed by atoms with Gasteiger partial charge in [-0.1, -0.05) is 0 Å². The number of aromatic nitrogens is 4. The van der Waals surface area contributed by atoms with Gasteiger partial charge in [0.1, 0.15) is 11.3 Å². The van der Waals surface area contributed by atoms with Gasteiger partial charge in [0.05, 0.1) is 36.9 Å². The standard InChI is InChI=1S/C21H28N6O4/c1-13-5-6-27-18(10-16(11-22-14(2)28)31-8-7-30-4)20(26-19(27)9-13)17-12-23-21(25-17)24-15(3)29/h5-6,9,12,16H,7-8,10-11H2,1-4H3,(H,22,28)(H2,23,24,25,29). The maximum absolute atomic E-state index is 11.5. The Morgan fingerprint density at radius 3 is 2.77 bits per heavy atom. The van der Waals surface area contributed by atoms with Crippen molar-refractivity contribution in [2.75, 3.05) is 32.2 Å². The summed E-state index contributed by atoms with van der Waals surface area (Å²) in [5.41, 5.74) is 4.16. The minimum Gasteiger partial charge on any atom is -0.382 e. The Hall–Kier alpha value is -3.24. The number of methoxy groups -OCH3 is 1. The van der Waals surface area contributed by atoms with E-state index >= 15 is 0 Å². The Labute approximate surface area is 180 Å². The Morgan fingerprint density at radius 2 is 2.06 bits per heavy atom. The van der Waals surface area contributed by atoms with Crippen LogP contribution in [0, 0.1) is 6.92 Å². The van der Waals surface area contributed by atoms with Crippen LogP contribution in [0.15, 0.2) is 24.5 Å². The van der Waals surface area contributed by atoms with Crippen molar-refractivity contribution in [1.29, 1.82) is 0 Å². The Bertz CT molecular complexity index is 1060. The van der Waals surface area contributed by atoms with Gasteiger partial charge < -0.3 is 24.2 Å². The number of ether oxygens (including phenoxy) is 2. The molecule has 0 aromatic carbocycles. The highest BCUT2D eigenvalue weighted by Gasteiger charge is 2.21. The van der Waals surface area contributed by atoms with Crippen LogP contribution in [0.5, 0.6) is 0 Å². The van der Waals surface area contributed by atoms with Crippen LogP contribution in [-0.2, 0) is 25.5 Å². The van der Waals surface area contributed by atoms with Crippen LogP contribution in [0.2, 0.25) is 0 Å². The monoisotopic (exact) mass is 428 g/mol. The van der Waals surface area contributed by atoms with Crippen molar-refractivity contribution in [3.63, 3.8) is 0 Å². The van der Waals surface area contributed by atoms with E-state index in [0.717, 1.165) is 16.9 Å². The second kappa shape index (κ2) is 10.2. The number of carbonyl (C=O) groups is 2. The maximum Gasteiger partial charge on any atom is 0.223 e. The van der Waals surface area contributed by atoms with E-state index in [1.807, 2.05) is 29.7 Å². The third-order valence-corrected chi connectivity index (χ3v) is 4.65. The summed E-state index contributed by atoms with van der Waals surface area (Å²) >= 11 is 0. The molecule has 3 aromatic heterocycles. The van der Waals surface area contributed by atoms with Crippen LogP contribution in [0.3, 0.4) is 0 Å². The number of nitrogens with zero attached hydrogens (tertiary/aromatic N) is 3. The van der Waals surface area contributed by atoms with E-state index in [9.17, 15) is 9.59 Å². The number of hydrogen-bond acceptors (Lipinski definition) is 6. The zero-order valence-corrected chi connectivity index (χ0v) is 18.2. The Morgan fingerprint density at radius 1 is 1.26 bits per heavy atom. The number of rotatable bonds is 10. The lowest BCUT2D eigenvalue weighted by atomic mass is 10.1. The molecule has 2 amide bonds. The first-order valence-electron chi connectivity index (χ1n) is 10.0.